The van der Waals surface area contributed by atoms with Gasteiger partial charge in [-0.1, -0.05) is 6.08 Å². The summed E-state index contributed by atoms with van der Waals surface area (Å²) in [7, 11) is -7.05. The number of nitrogens with zero attached hydrogens (tertiary/aromatic N) is 2. The van der Waals surface area contributed by atoms with Crippen LogP contribution in [0.15, 0.2) is 40.6 Å². The molecule has 0 N–H and O–H groups in total. The number of hydrogen-bond acceptors (Lipinski definition) is 7. The second-order valence-electron chi connectivity index (χ2n) is 7.02. The predicted molar refractivity (Wildman–Crippen MR) is 104 cm³/mol. The van der Waals surface area contributed by atoms with E-state index in [-0.39, 0.29) is 43.2 Å². The standard InChI is InChI=1S/C18H21FN2O7S2/c19-15-1-3-16(4-2-15)30(26,27)21-8-6-20(7-9-21)17(22)12-28-18(23)11-14-5-10-29(24,25)13-14/h1-5,10,14H,6-9,11-13H2. The molecule has 2 aliphatic heterocycles. The lowest BCUT2D eigenvalue weighted by Gasteiger charge is -2.33. The van der Waals surface area contributed by atoms with Crippen LogP contribution in [0.4, 0.5) is 4.39 Å². The molecule has 30 heavy (non-hydrogen) atoms. The highest BCUT2D eigenvalue weighted by Crippen LogP contribution is 2.19. The topological polar surface area (TPSA) is 118 Å². The summed E-state index contributed by atoms with van der Waals surface area (Å²) in [5.41, 5.74) is 0. The van der Waals surface area contributed by atoms with Gasteiger partial charge < -0.3 is 9.64 Å². The summed E-state index contributed by atoms with van der Waals surface area (Å²) < 4.78 is 67.0. The van der Waals surface area contributed by atoms with Crippen LogP contribution in [-0.4, -0.2) is 76.5 Å². The number of ether oxygens (including phenoxy) is 1. The van der Waals surface area contributed by atoms with Crippen molar-refractivity contribution in [2.24, 2.45) is 5.92 Å². The first-order valence-corrected chi connectivity index (χ1v) is 12.3. The second-order valence-corrected chi connectivity index (χ2v) is 10.9. The fraction of sp³-hybridized carbons (Fsp3) is 0.444. The Bertz CT molecular complexity index is 1040. The number of piperazine rings is 1. The van der Waals surface area contributed by atoms with Crippen LogP contribution < -0.4 is 0 Å². The van der Waals surface area contributed by atoms with Crippen LogP contribution in [0, 0.1) is 11.7 Å². The zero-order valence-electron chi connectivity index (χ0n) is 15.9. The van der Waals surface area contributed by atoms with Crippen LogP contribution in [0.2, 0.25) is 0 Å². The van der Waals surface area contributed by atoms with Crippen LogP contribution in [0.5, 0.6) is 0 Å². The van der Waals surface area contributed by atoms with Gasteiger partial charge in [-0.15, -0.1) is 0 Å². The highest BCUT2D eigenvalue weighted by atomic mass is 32.2. The van der Waals surface area contributed by atoms with Crippen molar-refractivity contribution >= 4 is 31.7 Å². The summed E-state index contributed by atoms with van der Waals surface area (Å²) >= 11 is 0. The molecule has 164 valence electrons. The number of amides is 1. The van der Waals surface area contributed by atoms with Crippen molar-refractivity contribution in [3.05, 3.63) is 41.6 Å². The summed E-state index contributed by atoms with van der Waals surface area (Å²) in [6.07, 6.45) is 1.30. The Kier molecular flexibility index (Phi) is 6.58. The Morgan fingerprint density at radius 3 is 2.30 bits per heavy atom. The number of hydrogen-bond donors (Lipinski definition) is 0. The minimum atomic E-state index is -3.79. The molecule has 2 heterocycles. The molecule has 0 aliphatic carbocycles. The second kappa shape index (κ2) is 8.82. The molecule has 0 saturated carbocycles. The molecular weight excluding hydrogens is 439 g/mol. The van der Waals surface area contributed by atoms with E-state index in [9.17, 15) is 30.8 Å². The van der Waals surface area contributed by atoms with Crippen molar-refractivity contribution in [2.45, 2.75) is 11.3 Å². The number of carbonyl (C=O) groups excluding carboxylic acids is 2. The average Bonchev–Trinajstić information content (AvgIpc) is 3.04. The number of sulfonamides is 1. The molecule has 1 amide bonds. The number of carbonyl (C=O) groups is 2. The van der Waals surface area contributed by atoms with Crippen molar-refractivity contribution in [2.75, 3.05) is 38.5 Å². The minimum Gasteiger partial charge on any atom is -0.456 e. The zero-order chi connectivity index (χ0) is 21.9. The molecule has 0 bridgehead atoms. The molecule has 3 rings (SSSR count). The van der Waals surface area contributed by atoms with Crippen molar-refractivity contribution in [1.82, 2.24) is 9.21 Å². The van der Waals surface area contributed by atoms with Gasteiger partial charge in [0.15, 0.2) is 16.4 Å². The van der Waals surface area contributed by atoms with Gasteiger partial charge in [0.25, 0.3) is 5.91 Å². The largest absolute Gasteiger partial charge is 0.456 e. The Balaban J connectivity index is 1.45. The van der Waals surface area contributed by atoms with E-state index >= 15 is 0 Å². The Hall–Kier alpha value is -2.31. The Morgan fingerprint density at radius 2 is 1.73 bits per heavy atom. The molecule has 1 saturated heterocycles. The average molecular weight is 461 g/mol. The van der Waals surface area contributed by atoms with Crippen molar-refractivity contribution < 1.29 is 35.6 Å². The summed E-state index contributed by atoms with van der Waals surface area (Å²) in [5, 5.41) is 1.07. The number of benzene rings is 1. The third-order valence-corrected chi connectivity index (χ3v) is 8.21. The summed E-state index contributed by atoms with van der Waals surface area (Å²) in [6, 6.07) is 4.51. The van der Waals surface area contributed by atoms with Crippen LogP contribution in [0.25, 0.3) is 0 Å². The van der Waals surface area contributed by atoms with Gasteiger partial charge in [0.1, 0.15) is 5.82 Å². The quantitative estimate of drug-likeness (QED) is 0.555. The number of allylic oxidation sites excluding steroid dienone is 1. The Morgan fingerprint density at radius 1 is 1.10 bits per heavy atom. The van der Waals surface area contributed by atoms with Gasteiger partial charge in [-0.3, -0.25) is 9.59 Å². The van der Waals surface area contributed by atoms with Gasteiger partial charge in [0, 0.05) is 37.5 Å². The predicted octanol–water partition coefficient (Wildman–Crippen LogP) is 0.150. The fourth-order valence-corrected chi connectivity index (χ4v) is 6.03. The number of esters is 1. The molecule has 0 aromatic heterocycles. The van der Waals surface area contributed by atoms with Crippen molar-refractivity contribution in [3.63, 3.8) is 0 Å². The highest BCUT2D eigenvalue weighted by Gasteiger charge is 2.31. The lowest BCUT2D eigenvalue weighted by atomic mass is 10.1. The van der Waals surface area contributed by atoms with Crippen LogP contribution in [0.3, 0.4) is 0 Å². The third kappa shape index (κ3) is 5.43. The molecule has 0 spiro atoms. The van der Waals surface area contributed by atoms with Crippen LogP contribution in [0.1, 0.15) is 6.42 Å². The highest BCUT2D eigenvalue weighted by molar-refractivity contribution is 7.94. The summed E-state index contributed by atoms with van der Waals surface area (Å²) in [4.78, 5) is 25.4. The monoisotopic (exact) mass is 460 g/mol. The van der Waals surface area contributed by atoms with Crippen molar-refractivity contribution in [3.8, 4) is 0 Å². The van der Waals surface area contributed by atoms with Gasteiger partial charge in [-0.2, -0.15) is 4.31 Å². The zero-order valence-corrected chi connectivity index (χ0v) is 17.6. The van der Waals surface area contributed by atoms with E-state index in [1.807, 2.05) is 0 Å². The van der Waals surface area contributed by atoms with E-state index < -0.39 is 50.1 Å². The molecular formula is C18H21FN2O7S2. The minimum absolute atomic E-state index is 0.0272. The molecule has 1 aromatic rings. The number of rotatable bonds is 6. The number of sulfone groups is 1. The molecule has 1 atom stereocenters. The van der Waals surface area contributed by atoms with Gasteiger partial charge in [-0.05, 0) is 24.3 Å². The van der Waals surface area contributed by atoms with E-state index in [0.29, 0.717) is 0 Å². The molecule has 0 radical (unpaired) electrons. The lowest BCUT2D eigenvalue weighted by molar-refractivity contribution is -0.152. The van der Waals surface area contributed by atoms with Gasteiger partial charge >= 0.3 is 5.97 Å². The third-order valence-electron chi connectivity index (χ3n) is 4.83. The van der Waals surface area contributed by atoms with E-state index in [1.165, 1.54) is 27.4 Å². The first-order valence-electron chi connectivity index (χ1n) is 9.17. The number of halogens is 1. The van der Waals surface area contributed by atoms with E-state index in [0.717, 1.165) is 17.5 Å². The van der Waals surface area contributed by atoms with Gasteiger partial charge in [0.2, 0.25) is 10.0 Å². The lowest BCUT2D eigenvalue weighted by Crippen LogP contribution is -2.51. The smallest absolute Gasteiger partial charge is 0.306 e. The van der Waals surface area contributed by atoms with Crippen LogP contribution >= 0.6 is 0 Å². The SMILES string of the molecule is O=C(CC1C=CS(=O)(=O)C1)OCC(=O)N1CCN(S(=O)(=O)c2ccc(F)cc2)CC1. The van der Waals surface area contributed by atoms with Gasteiger partial charge in [-0.25, -0.2) is 21.2 Å². The van der Waals surface area contributed by atoms with E-state index in [1.54, 1.807) is 0 Å². The molecule has 12 heteroatoms. The normalized spacial score (nSPS) is 21.5. The van der Waals surface area contributed by atoms with E-state index in [2.05, 4.69) is 0 Å². The maximum Gasteiger partial charge on any atom is 0.306 e. The molecule has 1 fully saturated rings. The molecule has 2 aliphatic rings. The molecule has 1 aromatic carbocycles. The Labute approximate surface area is 174 Å². The first-order chi connectivity index (χ1) is 14.1. The first kappa shape index (κ1) is 22.4. The maximum absolute atomic E-state index is 13.0. The summed E-state index contributed by atoms with van der Waals surface area (Å²) in [6.45, 7) is -0.123. The maximum atomic E-state index is 13.0. The van der Waals surface area contributed by atoms with Crippen molar-refractivity contribution in [1.29, 1.82) is 0 Å². The molecule has 1 unspecified atom stereocenters. The van der Waals surface area contributed by atoms with Gasteiger partial charge in [0.05, 0.1) is 17.1 Å². The van der Waals surface area contributed by atoms with E-state index in [4.69, 9.17) is 4.74 Å². The summed E-state index contributed by atoms with van der Waals surface area (Å²) in [5.74, 6) is -2.28. The fourth-order valence-electron chi connectivity index (χ4n) is 3.21. The van der Waals surface area contributed by atoms with Crippen LogP contribution in [-0.2, 0) is 34.2 Å². The molecule has 9 nitrogen and oxygen atoms in total.